The highest BCUT2D eigenvalue weighted by Gasteiger charge is 2.17. The maximum Gasteiger partial charge on any atom is 0.223 e. The molecule has 152 valence electrons. The minimum absolute atomic E-state index is 0.129. The first kappa shape index (κ1) is 20.6. The fourth-order valence-corrected chi connectivity index (χ4v) is 4.78. The predicted molar refractivity (Wildman–Crippen MR) is 122 cm³/mol. The van der Waals surface area contributed by atoms with Crippen molar-refractivity contribution in [2.24, 2.45) is 0 Å². The van der Waals surface area contributed by atoms with Crippen molar-refractivity contribution in [2.45, 2.75) is 24.4 Å². The molecule has 1 amide bonds. The average molecular weight is 456 g/mol. The molecule has 2 heterocycles. The maximum atomic E-state index is 11.2. The third-order valence-electron chi connectivity index (χ3n) is 4.20. The number of aromatic nitrogens is 4. The van der Waals surface area contributed by atoms with Crippen LogP contribution in [-0.4, -0.2) is 25.7 Å². The first-order chi connectivity index (χ1) is 14.6. The molecular formula is C21H18ClN5OS2. The van der Waals surface area contributed by atoms with Gasteiger partial charge in [-0.05, 0) is 17.7 Å². The average Bonchev–Trinajstić information content (AvgIpc) is 3.34. The first-order valence-corrected chi connectivity index (χ1v) is 11.4. The van der Waals surface area contributed by atoms with E-state index in [4.69, 9.17) is 11.6 Å². The van der Waals surface area contributed by atoms with E-state index in [1.54, 1.807) is 11.8 Å². The lowest BCUT2D eigenvalue weighted by Gasteiger charge is -2.11. The van der Waals surface area contributed by atoms with Crippen LogP contribution in [-0.2, 0) is 17.1 Å². The number of carbonyl (C=O) groups excluding carboxylic acids is 1. The highest BCUT2D eigenvalue weighted by atomic mass is 35.5. The van der Waals surface area contributed by atoms with E-state index in [9.17, 15) is 4.79 Å². The number of thiazole rings is 1. The molecule has 9 heteroatoms. The normalized spacial score (nSPS) is 10.9. The summed E-state index contributed by atoms with van der Waals surface area (Å²) in [6.07, 6.45) is 0. The highest BCUT2D eigenvalue weighted by Crippen LogP contribution is 2.31. The molecule has 0 aliphatic rings. The van der Waals surface area contributed by atoms with Crippen molar-refractivity contribution in [3.05, 3.63) is 76.3 Å². The summed E-state index contributed by atoms with van der Waals surface area (Å²) in [5.41, 5.74) is 2.87. The smallest absolute Gasteiger partial charge is 0.223 e. The van der Waals surface area contributed by atoms with Crippen molar-refractivity contribution in [1.29, 1.82) is 0 Å². The summed E-state index contributed by atoms with van der Waals surface area (Å²) < 4.78 is 2.07. The Labute approximate surface area is 187 Å². The van der Waals surface area contributed by atoms with Crippen molar-refractivity contribution < 1.29 is 4.79 Å². The lowest BCUT2D eigenvalue weighted by Crippen LogP contribution is -2.05. The number of rotatable bonds is 7. The number of amides is 1. The number of thioether (sulfide) groups is 1. The highest BCUT2D eigenvalue weighted by molar-refractivity contribution is 7.98. The van der Waals surface area contributed by atoms with E-state index in [0.29, 0.717) is 22.5 Å². The number of nitrogens with zero attached hydrogens (tertiary/aromatic N) is 4. The van der Waals surface area contributed by atoms with Crippen LogP contribution in [0.2, 0.25) is 5.02 Å². The van der Waals surface area contributed by atoms with Gasteiger partial charge in [0.25, 0.3) is 0 Å². The molecule has 2 aromatic carbocycles. The van der Waals surface area contributed by atoms with Crippen molar-refractivity contribution in [3.63, 3.8) is 0 Å². The van der Waals surface area contributed by atoms with Crippen LogP contribution in [0.3, 0.4) is 0 Å². The Morgan fingerprint density at radius 3 is 2.67 bits per heavy atom. The lowest BCUT2D eigenvalue weighted by molar-refractivity contribution is -0.114. The number of hydrogen-bond acceptors (Lipinski definition) is 6. The molecule has 2 aromatic heterocycles. The second-order valence-electron chi connectivity index (χ2n) is 6.47. The summed E-state index contributed by atoms with van der Waals surface area (Å²) in [7, 11) is 0. The van der Waals surface area contributed by atoms with Crippen LogP contribution >= 0.6 is 34.7 Å². The van der Waals surface area contributed by atoms with Gasteiger partial charge in [-0.3, -0.25) is 9.36 Å². The molecule has 0 unspecified atom stereocenters. The topological polar surface area (TPSA) is 72.7 Å². The molecule has 0 aliphatic heterocycles. The van der Waals surface area contributed by atoms with Gasteiger partial charge in [0, 0.05) is 23.6 Å². The van der Waals surface area contributed by atoms with E-state index in [1.165, 1.54) is 18.3 Å². The fourth-order valence-electron chi connectivity index (χ4n) is 2.87. The standard InChI is InChI=1S/C21H18ClN5OS2/c1-14(28)23-20-24-16(12-29-20)13-30-21-26-25-19(17-9-5-6-10-18(17)22)27(21)11-15-7-3-2-4-8-15/h2-10,12H,11,13H2,1H3,(H,23,24,28). The summed E-state index contributed by atoms with van der Waals surface area (Å²) in [6, 6.07) is 17.8. The second-order valence-corrected chi connectivity index (χ2v) is 8.68. The number of halogens is 1. The van der Waals surface area contributed by atoms with Gasteiger partial charge < -0.3 is 5.32 Å². The van der Waals surface area contributed by atoms with Crippen LogP contribution in [0, 0.1) is 0 Å². The Hall–Kier alpha value is -2.68. The summed E-state index contributed by atoms with van der Waals surface area (Å²) in [6.45, 7) is 2.10. The zero-order chi connectivity index (χ0) is 20.9. The monoisotopic (exact) mass is 455 g/mol. The van der Waals surface area contributed by atoms with Crippen molar-refractivity contribution in [2.75, 3.05) is 5.32 Å². The number of nitrogens with one attached hydrogen (secondary N) is 1. The molecule has 0 aliphatic carbocycles. The Morgan fingerprint density at radius 1 is 1.13 bits per heavy atom. The fraction of sp³-hybridized carbons (Fsp3) is 0.143. The zero-order valence-electron chi connectivity index (χ0n) is 16.1. The van der Waals surface area contributed by atoms with E-state index in [1.807, 2.05) is 47.8 Å². The molecule has 30 heavy (non-hydrogen) atoms. The van der Waals surface area contributed by atoms with Crippen LogP contribution in [0.25, 0.3) is 11.4 Å². The van der Waals surface area contributed by atoms with Gasteiger partial charge in [-0.2, -0.15) is 0 Å². The molecule has 0 spiro atoms. The third kappa shape index (κ3) is 4.89. The van der Waals surface area contributed by atoms with E-state index < -0.39 is 0 Å². The van der Waals surface area contributed by atoms with E-state index in [-0.39, 0.29) is 5.91 Å². The summed E-state index contributed by atoms with van der Waals surface area (Å²) in [5.74, 6) is 1.21. The molecule has 0 saturated carbocycles. The van der Waals surface area contributed by atoms with Crippen LogP contribution in [0.5, 0.6) is 0 Å². The van der Waals surface area contributed by atoms with Gasteiger partial charge >= 0.3 is 0 Å². The lowest BCUT2D eigenvalue weighted by atomic mass is 10.2. The van der Waals surface area contributed by atoms with Crippen LogP contribution in [0.15, 0.2) is 65.1 Å². The Balaban J connectivity index is 1.61. The van der Waals surface area contributed by atoms with Gasteiger partial charge in [-0.1, -0.05) is 65.8 Å². The third-order valence-corrected chi connectivity index (χ3v) is 6.34. The molecular weight excluding hydrogens is 438 g/mol. The van der Waals surface area contributed by atoms with Gasteiger partial charge in [-0.15, -0.1) is 21.5 Å². The van der Waals surface area contributed by atoms with Gasteiger partial charge in [0.05, 0.1) is 17.3 Å². The van der Waals surface area contributed by atoms with Crippen LogP contribution in [0.4, 0.5) is 5.13 Å². The number of carbonyl (C=O) groups is 1. The quantitative estimate of drug-likeness (QED) is 0.380. The molecule has 0 radical (unpaired) electrons. The maximum absolute atomic E-state index is 11.2. The minimum atomic E-state index is -0.129. The molecule has 4 rings (SSSR count). The Kier molecular flexibility index (Phi) is 6.47. The SMILES string of the molecule is CC(=O)Nc1nc(CSc2nnc(-c3ccccc3Cl)n2Cc2ccccc2)cs1. The van der Waals surface area contributed by atoms with Gasteiger partial charge in [0.2, 0.25) is 5.91 Å². The summed E-state index contributed by atoms with van der Waals surface area (Å²) >= 11 is 9.39. The first-order valence-electron chi connectivity index (χ1n) is 9.17. The largest absolute Gasteiger partial charge is 0.302 e. The van der Waals surface area contributed by atoms with Crippen molar-refractivity contribution >= 4 is 45.7 Å². The van der Waals surface area contributed by atoms with Gasteiger partial charge in [0.15, 0.2) is 16.1 Å². The van der Waals surface area contributed by atoms with E-state index in [2.05, 4.69) is 37.2 Å². The molecule has 0 bridgehead atoms. The molecule has 0 atom stereocenters. The molecule has 1 N–H and O–H groups in total. The zero-order valence-corrected chi connectivity index (χ0v) is 18.5. The minimum Gasteiger partial charge on any atom is -0.302 e. The van der Waals surface area contributed by atoms with Crippen LogP contribution < -0.4 is 5.32 Å². The van der Waals surface area contributed by atoms with Crippen molar-refractivity contribution in [1.82, 2.24) is 19.7 Å². The second kappa shape index (κ2) is 9.42. The van der Waals surface area contributed by atoms with Crippen molar-refractivity contribution in [3.8, 4) is 11.4 Å². The molecule has 0 fully saturated rings. The number of anilines is 1. The van der Waals surface area contributed by atoms with Gasteiger partial charge in [0.1, 0.15) is 0 Å². The summed E-state index contributed by atoms with van der Waals surface area (Å²) in [4.78, 5) is 15.6. The molecule has 0 saturated heterocycles. The van der Waals surface area contributed by atoms with E-state index in [0.717, 1.165) is 27.8 Å². The molecule has 6 nitrogen and oxygen atoms in total. The van der Waals surface area contributed by atoms with E-state index >= 15 is 0 Å². The number of benzene rings is 2. The van der Waals surface area contributed by atoms with Crippen LogP contribution in [0.1, 0.15) is 18.2 Å². The van der Waals surface area contributed by atoms with Gasteiger partial charge in [-0.25, -0.2) is 4.98 Å². The molecule has 4 aromatic rings. The Bertz CT molecular complexity index is 1160. The Morgan fingerprint density at radius 2 is 1.90 bits per heavy atom. The number of hydrogen-bond donors (Lipinski definition) is 1. The predicted octanol–water partition coefficient (Wildman–Crippen LogP) is 5.35. The summed E-state index contributed by atoms with van der Waals surface area (Å²) in [5, 5.41) is 15.5.